The lowest BCUT2D eigenvalue weighted by atomic mass is 10.0. The molecule has 2 rings (SSSR count). The lowest BCUT2D eigenvalue weighted by Gasteiger charge is -2.19. The summed E-state index contributed by atoms with van der Waals surface area (Å²) in [4.78, 5) is 16.7. The molecule has 1 heterocycles. The van der Waals surface area contributed by atoms with E-state index in [1.807, 2.05) is 13.8 Å². The largest absolute Gasteiger partial charge is 0.394 e. The van der Waals surface area contributed by atoms with Crippen molar-refractivity contribution in [1.82, 2.24) is 10.3 Å². The molecule has 22 heavy (non-hydrogen) atoms. The number of aliphatic hydroxyl groups excluding tert-OH is 1. The van der Waals surface area contributed by atoms with Crippen LogP contribution in [0.3, 0.4) is 0 Å². The molecule has 0 fully saturated rings. The predicted molar refractivity (Wildman–Crippen MR) is 84.2 cm³/mol. The maximum atomic E-state index is 13.2. The molecule has 0 bridgehead atoms. The zero-order valence-corrected chi connectivity index (χ0v) is 13.1. The molecule has 118 valence electrons. The summed E-state index contributed by atoms with van der Waals surface area (Å²) in [5.41, 5.74) is 1.51. The van der Waals surface area contributed by atoms with Crippen molar-refractivity contribution < 1.29 is 14.3 Å². The third-order valence-corrected chi connectivity index (χ3v) is 3.53. The molecule has 0 saturated heterocycles. The maximum absolute atomic E-state index is 13.2. The smallest absolute Gasteiger partial charge is 0.253 e. The summed E-state index contributed by atoms with van der Waals surface area (Å²) < 4.78 is 13.2. The lowest BCUT2D eigenvalue weighted by molar-refractivity contribution is 0.0907. The SMILES string of the molecule is Cc1nc2cc(F)ccc2cc1C(=O)NC(CO)CC(C)C. The number of halogens is 1. The highest BCUT2D eigenvalue weighted by molar-refractivity contribution is 5.98. The van der Waals surface area contributed by atoms with Crippen LogP contribution in [0, 0.1) is 18.7 Å². The highest BCUT2D eigenvalue weighted by atomic mass is 19.1. The molecule has 1 unspecified atom stereocenters. The standard InChI is InChI=1S/C17H21FN2O2/c1-10(2)6-14(9-21)20-17(22)15-7-12-4-5-13(18)8-16(12)19-11(15)3/h4-5,7-8,10,14,21H,6,9H2,1-3H3,(H,20,22). The normalized spacial score (nSPS) is 12.6. The van der Waals surface area contributed by atoms with Crippen molar-refractivity contribution in [2.45, 2.75) is 33.2 Å². The van der Waals surface area contributed by atoms with Crippen molar-refractivity contribution in [2.75, 3.05) is 6.61 Å². The summed E-state index contributed by atoms with van der Waals surface area (Å²) in [5.74, 6) is -0.249. The first-order valence-corrected chi connectivity index (χ1v) is 7.39. The van der Waals surface area contributed by atoms with Crippen molar-refractivity contribution in [2.24, 2.45) is 5.92 Å². The molecule has 2 N–H and O–H groups in total. The minimum atomic E-state index is -0.353. The Morgan fingerprint density at radius 3 is 2.73 bits per heavy atom. The number of aliphatic hydroxyl groups is 1. The van der Waals surface area contributed by atoms with E-state index < -0.39 is 0 Å². The first-order valence-electron chi connectivity index (χ1n) is 7.39. The van der Waals surface area contributed by atoms with Gasteiger partial charge in [-0.2, -0.15) is 0 Å². The Morgan fingerprint density at radius 2 is 2.09 bits per heavy atom. The molecule has 2 aromatic rings. The molecule has 5 heteroatoms. The van der Waals surface area contributed by atoms with Crippen molar-refractivity contribution in [3.8, 4) is 0 Å². The number of hydrogen-bond acceptors (Lipinski definition) is 3. The Labute approximate surface area is 129 Å². The minimum Gasteiger partial charge on any atom is -0.394 e. The summed E-state index contributed by atoms with van der Waals surface area (Å²) in [6, 6.07) is 5.72. The molecule has 0 aliphatic carbocycles. The van der Waals surface area contributed by atoms with Crippen molar-refractivity contribution in [3.63, 3.8) is 0 Å². The number of nitrogens with one attached hydrogen (secondary N) is 1. The average Bonchev–Trinajstić information content (AvgIpc) is 2.44. The van der Waals surface area contributed by atoms with Crippen LogP contribution in [0.5, 0.6) is 0 Å². The highest BCUT2D eigenvalue weighted by Gasteiger charge is 2.17. The zero-order chi connectivity index (χ0) is 16.3. The summed E-state index contributed by atoms with van der Waals surface area (Å²) >= 11 is 0. The molecule has 4 nitrogen and oxygen atoms in total. The summed E-state index contributed by atoms with van der Waals surface area (Å²) in [6.45, 7) is 5.68. The van der Waals surface area contributed by atoms with E-state index in [1.54, 1.807) is 19.1 Å². The Balaban J connectivity index is 2.27. The van der Waals surface area contributed by atoms with Crippen LogP contribution in [0.2, 0.25) is 0 Å². The van der Waals surface area contributed by atoms with Gasteiger partial charge in [-0.15, -0.1) is 0 Å². The zero-order valence-electron chi connectivity index (χ0n) is 13.1. The second kappa shape index (κ2) is 6.83. The van der Waals surface area contributed by atoms with Crippen LogP contribution in [0.4, 0.5) is 4.39 Å². The van der Waals surface area contributed by atoms with Gasteiger partial charge >= 0.3 is 0 Å². The fraction of sp³-hybridized carbons (Fsp3) is 0.412. The van der Waals surface area contributed by atoms with E-state index in [4.69, 9.17) is 0 Å². The number of aromatic nitrogens is 1. The number of hydrogen-bond donors (Lipinski definition) is 2. The summed E-state index contributed by atoms with van der Waals surface area (Å²) in [7, 11) is 0. The molecule has 1 aromatic heterocycles. The van der Waals surface area contributed by atoms with E-state index in [1.165, 1.54) is 12.1 Å². The summed E-state index contributed by atoms with van der Waals surface area (Å²) in [6.07, 6.45) is 0.702. The van der Waals surface area contributed by atoms with Gasteiger partial charge in [-0.05, 0) is 37.5 Å². The highest BCUT2D eigenvalue weighted by Crippen LogP contribution is 2.18. The van der Waals surface area contributed by atoms with Gasteiger partial charge in [0.25, 0.3) is 5.91 Å². The van der Waals surface area contributed by atoms with Gasteiger partial charge in [-0.3, -0.25) is 9.78 Å². The maximum Gasteiger partial charge on any atom is 0.253 e. The monoisotopic (exact) mass is 304 g/mol. The Kier molecular flexibility index (Phi) is 5.08. The third-order valence-electron chi connectivity index (χ3n) is 3.53. The number of benzene rings is 1. The molecule has 1 atom stereocenters. The van der Waals surface area contributed by atoms with Gasteiger partial charge < -0.3 is 10.4 Å². The van der Waals surface area contributed by atoms with Crippen LogP contribution in [0.25, 0.3) is 10.9 Å². The van der Waals surface area contributed by atoms with Gasteiger partial charge in [-0.1, -0.05) is 13.8 Å². The van der Waals surface area contributed by atoms with Crippen molar-refractivity contribution in [1.29, 1.82) is 0 Å². The lowest BCUT2D eigenvalue weighted by Crippen LogP contribution is -2.38. The predicted octanol–water partition coefficient (Wildman–Crippen LogP) is 2.82. The van der Waals surface area contributed by atoms with E-state index in [9.17, 15) is 14.3 Å². The fourth-order valence-corrected chi connectivity index (χ4v) is 2.48. The number of fused-ring (bicyclic) bond motifs is 1. The third kappa shape index (κ3) is 3.80. The number of aryl methyl sites for hydroxylation is 1. The molecule has 1 amide bonds. The molecule has 0 spiro atoms. The molecule has 1 aromatic carbocycles. The number of carbonyl (C=O) groups is 1. The molecule has 0 radical (unpaired) electrons. The van der Waals surface area contributed by atoms with Gasteiger partial charge in [0.2, 0.25) is 0 Å². The molecular weight excluding hydrogens is 283 g/mol. The van der Waals surface area contributed by atoms with Crippen LogP contribution >= 0.6 is 0 Å². The first kappa shape index (κ1) is 16.4. The minimum absolute atomic E-state index is 0.102. The molecule has 0 aliphatic heterocycles. The van der Waals surface area contributed by atoms with E-state index in [2.05, 4.69) is 10.3 Å². The second-order valence-electron chi connectivity index (χ2n) is 5.94. The Bertz CT molecular complexity index is 686. The Hall–Kier alpha value is -2.01. The first-order chi connectivity index (χ1) is 10.4. The fourth-order valence-electron chi connectivity index (χ4n) is 2.48. The topological polar surface area (TPSA) is 62.2 Å². The van der Waals surface area contributed by atoms with Crippen LogP contribution in [-0.4, -0.2) is 28.6 Å². The average molecular weight is 304 g/mol. The number of rotatable bonds is 5. The number of nitrogens with zero attached hydrogens (tertiary/aromatic N) is 1. The van der Waals surface area contributed by atoms with Crippen LogP contribution < -0.4 is 5.32 Å². The molecule has 0 saturated carbocycles. The number of carbonyl (C=O) groups excluding carboxylic acids is 1. The van der Waals surface area contributed by atoms with Gasteiger partial charge in [0, 0.05) is 11.5 Å². The quantitative estimate of drug-likeness (QED) is 0.893. The molecule has 0 aliphatic rings. The van der Waals surface area contributed by atoms with Gasteiger partial charge in [-0.25, -0.2) is 4.39 Å². The van der Waals surface area contributed by atoms with E-state index >= 15 is 0 Å². The van der Waals surface area contributed by atoms with Crippen LogP contribution in [-0.2, 0) is 0 Å². The molecular formula is C17H21FN2O2. The summed E-state index contributed by atoms with van der Waals surface area (Å²) in [5, 5.41) is 12.9. The van der Waals surface area contributed by atoms with Crippen molar-refractivity contribution >= 4 is 16.8 Å². The number of amides is 1. The Morgan fingerprint density at radius 1 is 1.36 bits per heavy atom. The van der Waals surface area contributed by atoms with Crippen LogP contribution in [0.15, 0.2) is 24.3 Å². The van der Waals surface area contributed by atoms with Crippen LogP contribution in [0.1, 0.15) is 36.3 Å². The van der Waals surface area contributed by atoms with Crippen molar-refractivity contribution in [3.05, 3.63) is 41.3 Å². The van der Waals surface area contributed by atoms with E-state index in [0.717, 1.165) is 0 Å². The van der Waals surface area contributed by atoms with E-state index in [-0.39, 0.29) is 24.4 Å². The van der Waals surface area contributed by atoms with Gasteiger partial charge in [0.15, 0.2) is 0 Å². The van der Waals surface area contributed by atoms with Gasteiger partial charge in [0.1, 0.15) is 5.82 Å². The van der Waals surface area contributed by atoms with Gasteiger partial charge in [0.05, 0.1) is 29.4 Å². The number of pyridine rings is 1. The van der Waals surface area contributed by atoms with E-state index in [0.29, 0.717) is 34.5 Å². The second-order valence-corrected chi connectivity index (χ2v) is 5.94.